The molecule has 0 unspecified atom stereocenters. The van der Waals surface area contributed by atoms with Crippen LogP contribution in [0.15, 0.2) is 29.2 Å². The fraction of sp³-hybridized carbons (Fsp3) is 0.538. The van der Waals surface area contributed by atoms with Crippen LogP contribution in [0.2, 0.25) is 0 Å². The highest BCUT2D eigenvalue weighted by Crippen LogP contribution is 2.09. The van der Waals surface area contributed by atoms with Gasteiger partial charge in [-0.25, -0.2) is 13.1 Å². The van der Waals surface area contributed by atoms with Gasteiger partial charge in [0.15, 0.2) is 0 Å². The van der Waals surface area contributed by atoms with Crippen molar-refractivity contribution in [3.63, 3.8) is 0 Å². The molecular weight excluding hydrogens is 248 g/mol. The molecule has 1 N–H and O–H groups in total. The fourth-order valence-electron chi connectivity index (χ4n) is 2.16. The number of nitrogens with zero attached hydrogens (tertiary/aromatic N) is 1. The number of hydrogen-bond acceptors (Lipinski definition) is 3. The van der Waals surface area contributed by atoms with Gasteiger partial charge in [-0.15, -0.1) is 0 Å². The van der Waals surface area contributed by atoms with Crippen molar-refractivity contribution in [3.05, 3.63) is 30.3 Å². The van der Waals surface area contributed by atoms with Crippen LogP contribution in [0.4, 0.5) is 0 Å². The van der Waals surface area contributed by atoms with Crippen molar-refractivity contribution in [3.8, 4) is 0 Å². The van der Waals surface area contributed by atoms with Gasteiger partial charge >= 0.3 is 0 Å². The van der Waals surface area contributed by atoms with E-state index >= 15 is 0 Å². The topological polar surface area (TPSA) is 49.4 Å². The summed E-state index contributed by atoms with van der Waals surface area (Å²) < 4.78 is 26.5. The van der Waals surface area contributed by atoms with Crippen LogP contribution in [0.1, 0.15) is 19.3 Å². The van der Waals surface area contributed by atoms with E-state index in [1.54, 1.807) is 24.3 Å². The molecular formula is C13H19N2O2S. The van der Waals surface area contributed by atoms with Crippen LogP contribution in [-0.2, 0) is 10.0 Å². The Balaban J connectivity index is 1.82. The predicted octanol–water partition coefficient (Wildman–Crippen LogP) is 1.25. The zero-order valence-corrected chi connectivity index (χ0v) is 11.2. The van der Waals surface area contributed by atoms with Crippen molar-refractivity contribution in [2.45, 2.75) is 24.2 Å². The number of sulfonamides is 1. The van der Waals surface area contributed by atoms with Crippen LogP contribution in [0.25, 0.3) is 0 Å². The summed E-state index contributed by atoms with van der Waals surface area (Å²) in [6.45, 7) is 3.43. The van der Waals surface area contributed by atoms with Gasteiger partial charge in [0.2, 0.25) is 10.0 Å². The molecule has 1 saturated heterocycles. The summed E-state index contributed by atoms with van der Waals surface area (Å²) in [5.41, 5.74) is 0. The first-order valence-corrected chi connectivity index (χ1v) is 7.85. The van der Waals surface area contributed by atoms with E-state index < -0.39 is 10.0 Å². The van der Waals surface area contributed by atoms with Gasteiger partial charge in [0.1, 0.15) is 0 Å². The Bertz CT molecular complexity index is 453. The molecule has 0 aromatic heterocycles. The monoisotopic (exact) mass is 267 g/mol. The summed E-state index contributed by atoms with van der Waals surface area (Å²) in [5.74, 6) is 0. The largest absolute Gasteiger partial charge is 0.302 e. The fourth-order valence-corrected chi connectivity index (χ4v) is 3.18. The standard InChI is InChI=1S/C13H19N2O2S/c16-18(17,13-7-3-1-4-8-13)14-9-12-15-10-5-2-6-11-15/h3-4,7-8,14H,2,5-6,9-12H2. The lowest BCUT2D eigenvalue weighted by molar-refractivity contribution is 0.233. The smallest absolute Gasteiger partial charge is 0.240 e. The molecule has 0 amide bonds. The van der Waals surface area contributed by atoms with E-state index in [0.29, 0.717) is 11.4 Å². The van der Waals surface area contributed by atoms with Crippen molar-refractivity contribution >= 4 is 10.0 Å². The zero-order valence-electron chi connectivity index (χ0n) is 10.4. The van der Waals surface area contributed by atoms with Gasteiger partial charge in [0, 0.05) is 13.1 Å². The first-order valence-electron chi connectivity index (χ1n) is 6.37. The molecule has 18 heavy (non-hydrogen) atoms. The molecule has 5 heteroatoms. The van der Waals surface area contributed by atoms with Gasteiger partial charge in [0.05, 0.1) is 4.90 Å². The second kappa shape index (κ2) is 6.31. The third-order valence-electron chi connectivity index (χ3n) is 3.17. The molecule has 1 aliphatic rings. The third-order valence-corrected chi connectivity index (χ3v) is 4.64. The van der Waals surface area contributed by atoms with Crippen molar-refractivity contribution < 1.29 is 8.42 Å². The quantitative estimate of drug-likeness (QED) is 0.873. The van der Waals surface area contributed by atoms with Crippen LogP contribution in [0.3, 0.4) is 0 Å². The van der Waals surface area contributed by atoms with Crippen molar-refractivity contribution in [1.82, 2.24) is 9.62 Å². The van der Waals surface area contributed by atoms with E-state index in [9.17, 15) is 8.42 Å². The number of hydrogen-bond donors (Lipinski definition) is 1. The molecule has 0 saturated carbocycles. The molecule has 1 aliphatic heterocycles. The van der Waals surface area contributed by atoms with E-state index in [-0.39, 0.29) is 0 Å². The van der Waals surface area contributed by atoms with Crippen LogP contribution in [0, 0.1) is 6.07 Å². The molecule has 2 rings (SSSR count). The Hall–Kier alpha value is -0.910. The molecule has 0 atom stereocenters. The second-order valence-corrected chi connectivity index (χ2v) is 6.30. The summed E-state index contributed by atoms with van der Waals surface area (Å²) in [6, 6.07) is 9.15. The molecule has 99 valence electrons. The first kappa shape index (κ1) is 13.5. The maximum atomic E-state index is 11.9. The average molecular weight is 267 g/mol. The van der Waals surface area contributed by atoms with Crippen molar-refractivity contribution in [1.29, 1.82) is 0 Å². The second-order valence-electron chi connectivity index (χ2n) is 4.54. The Kier molecular flexibility index (Phi) is 4.74. The Morgan fingerprint density at radius 2 is 1.83 bits per heavy atom. The van der Waals surface area contributed by atoms with Crippen molar-refractivity contribution in [2.24, 2.45) is 0 Å². The molecule has 1 fully saturated rings. The summed E-state index contributed by atoms with van der Waals surface area (Å²) in [6.07, 6.45) is 3.74. The maximum Gasteiger partial charge on any atom is 0.240 e. The van der Waals surface area contributed by atoms with Crippen LogP contribution >= 0.6 is 0 Å². The average Bonchev–Trinajstić information content (AvgIpc) is 2.41. The summed E-state index contributed by atoms with van der Waals surface area (Å²) in [4.78, 5) is 2.62. The number of nitrogens with one attached hydrogen (secondary N) is 1. The number of rotatable bonds is 5. The van der Waals surface area contributed by atoms with E-state index in [1.165, 1.54) is 19.3 Å². The van der Waals surface area contributed by atoms with E-state index in [4.69, 9.17) is 0 Å². The van der Waals surface area contributed by atoms with Gasteiger partial charge in [-0.3, -0.25) is 0 Å². The molecule has 4 nitrogen and oxygen atoms in total. The predicted molar refractivity (Wildman–Crippen MR) is 70.8 cm³/mol. The van der Waals surface area contributed by atoms with Gasteiger partial charge < -0.3 is 4.90 Å². The molecule has 1 aromatic carbocycles. The van der Waals surface area contributed by atoms with Crippen molar-refractivity contribution in [2.75, 3.05) is 26.2 Å². The van der Waals surface area contributed by atoms with E-state index in [1.807, 2.05) is 0 Å². The number of benzene rings is 1. The SMILES string of the molecule is O=S(=O)(NCCN1CCCCC1)c1cc[c]cc1. The normalized spacial score (nSPS) is 17.8. The Morgan fingerprint density at radius 3 is 2.50 bits per heavy atom. The van der Waals surface area contributed by atoms with E-state index in [0.717, 1.165) is 19.6 Å². The highest BCUT2D eigenvalue weighted by atomic mass is 32.2. The maximum absolute atomic E-state index is 11.9. The first-order chi connectivity index (χ1) is 8.68. The third kappa shape index (κ3) is 3.80. The number of piperidine rings is 1. The molecule has 0 bridgehead atoms. The summed E-state index contributed by atoms with van der Waals surface area (Å²) in [7, 11) is -3.36. The number of likely N-dealkylation sites (tertiary alicyclic amines) is 1. The molecule has 1 aromatic rings. The molecule has 0 spiro atoms. The van der Waals surface area contributed by atoms with Crippen LogP contribution < -0.4 is 4.72 Å². The lowest BCUT2D eigenvalue weighted by Crippen LogP contribution is -2.37. The Morgan fingerprint density at radius 1 is 1.17 bits per heavy atom. The lowest BCUT2D eigenvalue weighted by atomic mass is 10.1. The summed E-state index contributed by atoms with van der Waals surface area (Å²) >= 11 is 0. The highest BCUT2D eigenvalue weighted by molar-refractivity contribution is 7.89. The molecule has 0 aliphatic carbocycles. The minimum absolute atomic E-state index is 0.305. The Labute approximate surface area is 109 Å². The van der Waals surface area contributed by atoms with Gasteiger partial charge in [-0.1, -0.05) is 18.6 Å². The summed E-state index contributed by atoms with van der Waals surface area (Å²) in [5, 5.41) is 0. The van der Waals surface area contributed by atoms with E-state index in [2.05, 4.69) is 15.7 Å². The van der Waals surface area contributed by atoms with Gasteiger partial charge in [0.25, 0.3) is 0 Å². The minimum atomic E-state index is -3.36. The van der Waals surface area contributed by atoms with Gasteiger partial charge in [-0.05, 0) is 44.1 Å². The minimum Gasteiger partial charge on any atom is -0.302 e. The van der Waals surface area contributed by atoms with Crippen LogP contribution in [0.5, 0.6) is 0 Å². The highest BCUT2D eigenvalue weighted by Gasteiger charge is 2.14. The lowest BCUT2D eigenvalue weighted by Gasteiger charge is -2.26. The zero-order chi connectivity index (χ0) is 12.8. The van der Waals surface area contributed by atoms with Gasteiger partial charge in [-0.2, -0.15) is 0 Å². The van der Waals surface area contributed by atoms with Crippen LogP contribution in [-0.4, -0.2) is 39.5 Å². The molecule has 1 heterocycles. The molecule has 1 radical (unpaired) electrons.